The molecule has 1 aliphatic heterocycles. The third-order valence-electron chi connectivity index (χ3n) is 7.43. The van der Waals surface area contributed by atoms with E-state index >= 15 is 0 Å². The van der Waals surface area contributed by atoms with Crippen molar-refractivity contribution in [2.45, 2.75) is 44.6 Å². The number of aromatic amines is 1. The first-order valence-corrected chi connectivity index (χ1v) is 12.5. The molecule has 0 atom stereocenters. The van der Waals surface area contributed by atoms with E-state index in [2.05, 4.69) is 20.9 Å². The van der Waals surface area contributed by atoms with Crippen molar-refractivity contribution >= 4 is 34.2 Å². The van der Waals surface area contributed by atoms with Crippen LogP contribution in [-0.2, 0) is 4.79 Å². The molecule has 6 nitrogen and oxygen atoms in total. The Hall–Kier alpha value is -2.90. The summed E-state index contributed by atoms with van der Waals surface area (Å²) < 4.78 is 19.6. The van der Waals surface area contributed by atoms with Gasteiger partial charge in [0, 0.05) is 54.0 Å². The first-order chi connectivity index (χ1) is 16.9. The highest BCUT2D eigenvalue weighted by Crippen LogP contribution is 2.41. The van der Waals surface area contributed by atoms with Crippen molar-refractivity contribution in [3.8, 4) is 16.9 Å². The van der Waals surface area contributed by atoms with Crippen LogP contribution in [0.1, 0.15) is 44.2 Å². The van der Waals surface area contributed by atoms with Gasteiger partial charge in [0.05, 0.1) is 12.1 Å². The van der Waals surface area contributed by atoms with Gasteiger partial charge in [-0.15, -0.1) is 0 Å². The SMILES string of the molecule is COc1ccc(F)cc1-c1c(Cl)cnc2[nH]c(C3=CCN(C4CCC(CC(=O)O)CC4)CC3)cc12. The predicted octanol–water partition coefficient (Wildman–Crippen LogP) is 6.15. The number of ether oxygens (including phenoxy) is 1. The van der Waals surface area contributed by atoms with Gasteiger partial charge in [-0.05, 0) is 67.9 Å². The maximum atomic E-state index is 14.1. The summed E-state index contributed by atoms with van der Waals surface area (Å²) in [4.78, 5) is 21.4. The van der Waals surface area contributed by atoms with Crippen molar-refractivity contribution in [3.63, 3.8) is 0 Å². The van der Waals surface area contributed by atoms with Crippen LogP contribution in [0.2, 0.25) is 5.02 Å². The fourth-order valence-corrected chi connectivity index (χ4v) is 5.85. The molecule has 1 saturated carbocycles. The quantitative estimate of drug-likeness (QED) is 0.427. The largest absolute Gasteiger partial charge is 0.496 e. The molecule has 0 spiro atoms. The second-order valence-corrected chi connectivity index (χ2v) is 9.92. The summed E-state index contributed by atoms with van der Waals surface area (Å²) in [6, 6.07) is 6.98. The number of benzene rings is 1. The van der Waals surface area contributed by atoms with Gasteiger partial charge >= 0.3 is 5.97 Å². The lowest BCUT2D eigenvalue weighted by molar-refractivity contribution is -0.138. The number of carboxylic acid groups (broad SMARTS) is 1. The molecule has 184 valence electrons. The molecule has 0 saturated heterocycles. The Balaban J connectivity index is 1.37. The average Bonchev–Trinajstić information content (AvgIpc) is 3.28. The molecular formula is C27H29ClFN3O3. The van der Waals surface area contributed by atoms with Crippen LogP contribution >= 0.6 is 11.6 Å². The van der Waals surface area contributed by atoms with Crippen LogP contribution in [0.15, 0.2) is 36.5 Å². The van der Waals surface area contributed by atoms with Gasteiger partial charge in [-0.1, -0.05) is 17.7 Å². The van der Waals surface area contributed by atoms with Crippen LogP contribution in [0, 0.1) is 11.7 Å². The lowest BCUT2D eigenvalue weighted by Gasteiger charge is -2.38. The monoisotopic (exact) mass is 497 g/mol. The number of carbonyl (C=O) groups is 1. The van der Waals surface area contributed by atoms with E-state index in [0.717, 1.165) is 56.3 Å². The van der Waals surface area contributed by atoms with Crippen LogP contribution < -0.4 is 4.74 Å². The second-order valence-electron chi connectivity index (χ2n) is 9.52. The average molecular weight is 498 g/mol. The number of fused-ring (bicyclic) bond motifs is 1. The van der Waals surface area contributed by atoms with Gasteiger partial charge < -0.3 is 14.8 Å². The van der Waals surface area contributed by atoms with Gasteiger partial charge in [0.25, 0.3) is 0 Å². The molecule has 2 aromatic heterocycles. The first-order valence-electron chi connectivity index (χ1n) is 12.1. The van der Waals surface area contributed by atoms with Crippen molar-refractivity contribution < 1.29 is 19.0 Å². The fraction of sp³-hybridized carbons (Fsp3) is 0.407. The minimum absolute atomic E-state index is 0.290. The van der Waals surface area contributed by atoms with Crippen molar-refractivity contribution in [2.24, 2.45) is 5.92 Å². The van der Waals surface area contributed by atoms with E-state index in [1.54, 1.807) is 19.4 Å². The zero-order valence-electron chi connectivity index (χ0n) is 19.7. The molecule has 5 rings (SSSR count). The molecule has 35 heavy (non-hydrogen) atoms. The van der Waals surface area contributed by atoms with Crippen molar-refractivity contribution in [3.05, 3.63) is 53.1 Å². The molecule has 0 unspecified atom stereocenters. The fourth-order valence-electron chi connectivity index (χ4n) is 5.59. The predicted molar refractivity (Wildman–Crippen MR) is 135 cm³/mol. The lowest BCUT2D eigenvalue weighted by Crippen LogP contribution is -2.40. The molecule has 1 aliphatic carbocycles. The summed E-state index contributed by atoms with van der Waals surface area (Å²) in [5, 5.41) is 10.3. The number of methoxy groups -OCH3 is 1. The maximum Gasteiger partial charge on any atom is 0.303 e. The smallest absolute Gasteiger partial charge is 0.303 e. The van der Waals surface area contributed by atoms with E-state index in [0.29, 0.717) is 45.9 Å². The zero-order valence-corrected chi connectivity index (χ0v) is 20.4. The van der Waals surface area contributed by atoms with E-state index < -0.39 is 5.97 Å². The van der Waals surface area contributed by atoms with Gasteiger partial charge in [0.15, 0.2) is 0 Å². The third kappa shape index (κ3) is 4.93. The number of nitrogens with zero attached hydrogens (tertiary/aromatic N) is 2. The zero-order chi connectivity index (χ0) is 24.5. The minimum atomic E-state index is -0.688. The van der Waals surface area contributed by atoms with Gasteiger partial charge in [-0.3, -0.25) is 9.69 Å². The number of pyridine rings is 1. The van der Waals surface area contributed by atoms with Crippen LogP contribution in [0.3, 0.4) is 0 Å². The van der Waals surface area contributed by atoms with Crippen molar-refractivity contribution in [1.82, 2.24) is 14.9 Å². The third-order valence-corrected chi connectivity index (χ3v) is 7.71. The summed E-state index contributed by atoms with van der Waals surface area (Å²) >= 11 is 6.55. The number of H-pyrrole nitrogens is 1. The van der Waals surface area contributed by atoms with Crippen LogP contribution in [0.4, 0.5) is 4.39 Å². The second kappa shape index (κ2) is 9.99. The number of nitrogens with one attached hydrogen (secondary N) is 1. The summed E-state index contributed by atoms with van der Waals surface area (Å²) in [6.07, 6.45) is 9.16. The number of hydrogen-bond donors (Lipinski definition) is 2. The Morgan fingerprint density at radius 2 is 2.09 bits per heavy atom. The number of aliphatic carboxylic acids is 1. The van der Waals surface area contributed by atoms with E-state index in [4.69, 9.17) is 21.4 Å². The number of halogens is 2. The number of carboxylic acids is 1. The number of aromatic nitrogens is 2. The highest BCUT2D eigenvalue weighted by atomic mass is 35.5. The first kappa shape index (κ1) is 23.8. The molecule has 2 aliphatic rings. The van der Waals surface area contributed by atoms with E-state index in [1.165, 1.54) is 17.7 Å². The summed E-state index contributed by atoms with van der Waals surface area (Å²) in [5.74, 6) is -0.179. The molecule has 1 aromatic carbocycles. The summed E-state index contributed by atoms with van der Waals surface area (Å²) in [6.45, 7) is 1.84. The Morgan fingerprint density at radius 1 is 1.29 bits per heavy atom. The minimum Gasteiger partial charge on any atom is -0.496 e. The Bertz CT molecular complexity index is 1280. The summed E-state index contributed by atoms with van der Waals surface area (Å²) in [5.41, 5.74) is 4.22. The Kier molecular flexibility index (Phi) is 6.80. The highest BCUT2D eigenvalue weighted by molar-refractivity contribution is 6.35. The van der Waals surface area contributed by atoms with E-state index in [-0.39, 0.29) is 5.82 Å². The van der Waals surface area contributed by atoms with Gasteiger partial charge in [-0.25, -0.2) is 9.37 Å². The lowest BCUT2D eigenvalue weighted by atomic mass is 9.83. The maximum absolute atomic E-state index is 14.1. The van der Waals surface area contributed by atoms with Crippen LogP contribution in [0.25, 0.3) is 27.7 Å². The molecule has 3 aromatic rings. The molecule has 2 N–H and O–H groups in total. The summed E-state index contributed by atoms with van der Waals surface area (Å²) in [7, 11) is 1.56. The van der Waals surface area contributed by atoms with E-state index in [9.17, 15) is 9.18 Å². The highest BCUT2D eigenvalue weighted by Gasteiger charge is 2.28. The molecule has 0 bridgehead atoms. The Labute approximate surface area is 208 Å². The van der Waals surface area contributed by atoms with Crippen LogP contribution in [-0.4, -0.2) is 52.2 Å². The van der Waals surface area contributed by atoms with Crippen molar-refractivity contribution in [2.75, 3.05) is 20.2 Å². The molecular weight excluding hydrogens is 469 g/mol. The van der Waals surface area contributed by atoms with Gasteiger partial charge in [-0.2, -0.15) is 0 Å². The van der Waals surface area contributed by atoms with Gasteiger partial charge in [0.2, 0.25) is 0 Å². The van der Waals surface area contributed by atoms with Gasteiger partial charge in [0.1, 0.15) is 17.2 Å². The molecule has 0 radical (unpaired) electrons. The van der Waals surface area contributed by atoms with Crippen molar-refractivity contribution in [1.29, 1.82) is 0 Å². The standard InChI is InChI=1S/C27H29ClFN3O3/c1-35-24-7-4-18(29)13-20(24)26-21-14-23(31-27(21)30-15-22(26)28)17-8-10-32(11-9-17)19-5-2-16(3-6-19)12-25(33)34/h4,7-8,13-16,19H,2-3,5-6,9-12H2,1H3,(H,30,31)(H,33,34). The molecule has 0 amide bonds. The molecule has 8 heteroatoms. The number of hydrogen-bond acceptors (Lipinski definition) is 4. The topological polar surface area (TPSA) is 78.5 Å². The number of rotatable bonds is 6. The van der Waals surface area contributed by atoms with Crippen LogP contribution in [0.5, 0.6) is 5.75 Å². The Morgan fingerprint density at radius 3 is 2.77 bits per heavy atom. The van der Waals surface area contributed by atoms with E-state index in [1.807, 2.05) is 6.07 Å². The molecule has 3 heterocycles. The normalized spacial score (nSPS) is 21.2. The molecule has 1 fully saturated rings.